The molecule has 0 atom stereocenters. The Morgan fingerprint density at radius 2 is 0.592 bits per heavy atom. The van der Waals surface area contributed by atoms with Gasteiger partial charge >= 0.3 is 0 Å². The Labute approximate surface area is 296 Å². The summed E-state index contributed by atoms with van der Waals surface area (Å²) in [5.74, 6) is 0. The molecule has 0 aliphatic rings. The summed E-state index contributed by atoms with van der Waals surface area (Å²) in [5, 5.41) is 0. The highest BCUT2D eigenvalue weighted by atomic mass is 32.2. The number of hydrogen-bond acceptors (Lipinski definition) is 6. The van der Waals surface area contributed by atoms with Gasteiger partial charge in [0.05, 0.1) is 14.7 Å². The van der Waals surface area contributed by atoms with Gasteiger partial charge in [0.1, 0.15) is 0 Å². The topological polar surface area (TPSA) is 112 Å². The molecule has 0 aliphatic heterocycles. The minimum atomic E-state index is -4.00. The lowest BCUT2D eigenvalue weighted by molar-refractivity contribution is 0.344. The summed E-state index contributed by atoms with van der Waals surface area (Å²) >= 11 is 0. The maximum absolute atomic E-state index is 14.3. The van der Waals surface area contributed by atoms with Crippen molar-refractivity contribution in [1.82, 2.24) is 12.9 Å². The fraction of sp³-hybridized carbons (Fsp3) is 0.514. The maximum atomic E-state index is 14.3. The van der Waals surface area contributed by atoms with Gasteiger partial charge in [-0.15, -0.1) is 0 Å². The van der Waals surface area contributed by atoms with Crippen LogP contribution in [-0.2, 0) is 30.1 Å². The number of hydrogen-bond donors (Lipinski definition) is 0. The van der Waals surface area contributed by atoms with Crippen LogP contribution in [0.4, 0.5) is 0 Å². The van der Waals surface area contributed by atoms with Crippen molar-refractivity contribution in [2.24, 2.45) is 0 Å². The summed E-state index contributed by atoms with van der Waals surface area (Å²) in [6, 6.07) is 11.1. The SMILES string of the molecule is CCN(CCCN(CCCN(CC)S(=O)(=O)c1c(C)cc(C)cc1C)S(=O)(=O)c1c(C)cc(C)cc1C)S(=O)(=O)c1c(C)cc(C)cc1C. The van der Waals surface area contributed by atoms with Crippen molar-refractivity contribution in [2.75, 3.05) is 39.3 Å². The summed E-state index contributed by atoms with van der Waals surface area (Å²) in [6.07, 6.45) is 0.523. The molecular weight excluding hydrogens is 679 g/mol. The van der Waals surface area contributed by atoms with Crippen molar-refractivity contribution in [3.05, 3.63) is 86.5 Å². The molecular formula is C37H55N3O6S3. The lowest BCUT2D eigenvalue weighted by Crippen LogP contribution is -2.39. The molecule has 3 aromatic carbocycles. The van der Waals surface area contributed by atoms with Gasteiger partial charge in [-0.2, -0.15) is 12.9 Å². The Bertz CT molecular complexity index is 1840. The molecule has 3 aromatic rings. The molecule has 0 bridgehead atoms. The van der Waals surface area contributed by atoms with Crippen molar-refractivity contribution in [2.45, 2.75) is 104 Å². The molecule has 0 saturated carbocycles. The predicted molar refractivity (Wildman–Crippen MR) is 199 cm³/mol. The highest BCUT2D eigenvalue weighted by Crippen LogP contribution is 2.29. The van der Waals surface area contributed by atoms with E-state index in [1.54, 1.807) is 55.4 Å². The van der Waals surface area contributed by atoms with Gasteiger partial charge in [-0.05, 0) is 109 Å². The second-order valence-corrected chi connectivity index (χ2v) is 18.9. The van der Waals surface area contributed by atoms with E-state index in [4.69, 9.17) is 0 Å². The van der Waals surface area contributed by atoms with Gasteiger partial charge < -0.3 is 0 Å². The van der Waals surface area contributed by atoms with Crippen LogP contribution >= 0.6 is 0 Å². The Hall–Kier alpha value is -2.61. The molecule has 0 heterocycles. The van der Waals surface area contributed by atoms with Crippen LogP contribution in [0.5, 0.6) is 0 Å². The van der Waals surface area contributed by atoms with Crippen LogP contribution < -0.4 is 0 Å². The van der Waals surface area contributed by atoms with Crippen molar-refractivity contribution >= 4 is 30.1 Å². The lowest BCUT2D eigenvalue weighted by Gasteiger charge is -2.28. The number of aryl methyl sites for hydroxylation is 9. The van der Waals surface area contributed by atoms with Gasteiger partial charge in [-0.25, -0.2) is 25.3 Å². The first-order valence-electron chi connectivity index (χ1n) is 16.9. The largest absolute Gasteiger partial charge is 0.243 e. The Kier molecular flexibility index (Phi) is 13.5. The average molecular weight is 734 g/mol. The minimum Gasteiger partial charge on any atom is -0.207 e. The second kappa shape index (κ2) is 16.2. The first-order valence-corrected chi connectivity index (χ1v) is 21.3. The average Bonchev–Trinajstić information content (AvgIpc) is 2.93. The molecule has 0 radical (unpaired) electrons. The van der Waals surface area contributed by atoms with Crippen LogP contribution in [0.1, 0.15) is 76.8 Å². The van der Waals surface area contributed by atoms with Gasteiger partial charge in [0.2, 0.25) is 30.1 Å². The zero-order valence-electron chi connectivity index (χ0n) is 31.1. The van der Waals surface area contributed by atoms with E-state index in [9.17, 15) is 25.3 Å². The lowest BCUT2D eigenvalue weighted by atomic mass is 10.1. The smallest absolute Gasteiger partial charge is 0.207 e. The minimum absolute atomic E-state index is 0.0715. The summed E-state index contributed by atoms with van der Waals surface area (Å²) < 4.78 is 88.1. The standard InChI is InChI=1S/C37H55N3O6S3/c1-12-38(47(41,42)35-29(6)20-26(3)21-30(35)7)16-14-18-40(49(45,46)37-33(10)24-28(5)25-34(37)11)19-15-17-39(13-2)48(43,44)36-31(8)22-27(4)23-32(36)9/h20-25H,12-19H2,1-11H3. The normalized spacial score (nSPS) is 12.9. The van der Waals surface area contributed by atoms with Gasteiger partial charge in [-0.1, -0.05) is 66.9 Å². The molecule has 0 saturated heterocycles. The van der Waals surface area contributed by atoms with Crippen LogP contribution in [0, 0.1) is 62.3 Å². The molecule has 0 spiro atoms. The third-order valence-electron chi connectivity index (χ3n) is 8.94. The number of benzene rings is 3. The molecule has 12 heteroatoms. The molecule has 0 aliphatic carbocycles. The zero-order chi connectivity index (χ0) is 37.1. The third kappa shape index (κ3) is 9.01. The van der Waals surface area contributed by atoms with Crippen LogP contribution in [0.2, 0.25) is 0 Å². The van der Waals surface area contributed by atoms with Crippen molar-refractivity contribution in [3.63, 3.8) is 0 Å². The van der Waals surface area contributed by atoms with E-state index in [0.29, 0.717) is 33.4 Å². The van der Waals surface area contributed by atoms with E-state index in [1.165, 1.54) is 12.9 Å². The Morgan fingerprint density at radius 1 is 0.388 bits per heavy atom. The van der Waals surface area contributed by atoms with E-state index >= 15 is 0 Å². The molecule has 0 fully saturated rings. The van der Waals surface area contributed by atoms with E-state index in [1.807, 2.05) is 57.2 Å². The molecule has 0 aromatic heterocycles. The monoisotopic (exact) mass is 733 g/mol. The summed E-state index contributed by atoms with van der Waals surface area (Å²) in [5.41, 5.74) is 6.90. The summed E-state index contributed by atoms with van der Waals surface area (Å²) in [7, 11) is -11.7. The number of rotatable bonds is 16. The molecule has 0 unspecified atom stereocenters. The summed E-state index contributed by atoms with van der Waals surface area (Å²) in [4.78, 5) is 0.806. The predicted octanol–water partition coefficient (Wildman–Crippen LogP) is 6.65. The third-order valence-corrected chi connectivity index (χ3v) is 15.7. The van der Waals surface area contributed by atoms with E-state index in [-0.39, 0.29) is 66.8 Å². The van der Waals surface area contributed by atoms with Gasteiger partial charge in [0.15, 0.2) is 0 Å². The first-order chi connectivity index (χ1) is 22.7. The van der Waals surface area contributed by atoms with Crippen molar-refractivity contribution < 1.29 is 25.3 Å². The Balaban J connectivity index is 1.91. The fourth-order valence-corrected chi connectivity index (χ4v) is 12.9. The second-order valence-electron chi connectivity index (χ2n) is 13.3. The summed E-state index contributed by atoms with van der Waals surface area (Å²) in [6.45, 7) is 20.9. The molecule has 9 nitrogen and oxygen atoms in total. The van der Waals surface area contributed by atoms with Gasteiger partial charge in [-0.3, -0.25) is 0 Å². The van der Waals surface area contributed by atoms with Crippen LogP contribution in [0.3, 0.4) is 0 Å². The van der Waals surface area contributed by atoms with Crippen molar-refractivity contribution in [3.8, 4) is 0 Å². The first kappa shape index (κ1) is 40.8. The molecule has 3 rings (SSSR count). The maximum Gasteiger partial charge on any atom is 0.243 e. The van der Waals surface area contributed by atoms with Crippen LogP contribution in [0.15, 0.2) is 51.1 Å². The van der Waals surface area contributed by atoms with Gasteiger partial charge in [0.25, 0.3) is 0 Å². The van der Waals surface area contributed by atoms with E-state index in [2.05, 4.69) is 0 Å². The van der Waals surface area contributed by atoms with Crippen molar-refractivity contribution in [1.29, 1.82) is 0 Å². The highest BCUT2D eigenvalue weighted by Gasteiger charge is 2.31. The molecule has 0 amide bonds. The number of sulfonamides is 3. The highest BCUT2D eigenvalue weighted by molar-refractivity contribution is 7.89. The zero-order valence-corrected chi connectivity index (χ0v) is 33.6. The Morgan fingerprint density at radius 3 is 0.816 bits per heavy atom. The van der Waals surface area contributed by atoms with Crippen LogP contribution in [-0.4, -0.2) is 77.4 Å². The molecule has 49 heavy (non-hydrogen) atoms. The van der Waals surface area contributed by atoms with Crippen LogP contribution in [0.25, 0.3) is 0 Å². The van der Waals surface area contributed by atoms with E-state index in [0.717, 1.165) is 16.7 Å². The van der Waals surface area contributed by atoms with Gasteiger partial charge in [0, 0.05) is 39.3 Å². The molecule has 0 N–H and O–H groups in total. The quantitative estimate of drug-likeness (QED) is 0.163. The fourth-order valence-electron chi connectivity index (χ4n) is 7.20. The molecule has 272 valence electrons. The van der Waals surface area contributed by atoms with E-state index < -0.39 is 30.1 Å². The number of nitrogens with zero attached hydrogens (tertiary/aromatic N) is 3.